The second kappa shape index (κ2) is 16.1. The van der Waals surface area contributed by atoms with Crippen molar-refractivity contribution in [1.82, 2.24) is 39.7 Å². The lowest BCUT2D eigenvalue weighted by atomic mass is 9.93. The monoisotopic (exact) mass is 854 g/mol. The van der Waals surface area contributed by atoms with Crippen LogP contribution in [-0.4, -0.2) is 90.2 Å². The molecule has 322 valence electrons. The molecule has 5 N–H and O–H groups in total. The lowest BCUT2D eigenvalue weighted by Gasteiger charge is -2.32. The number of benzene rings is 2. The molecule has 0 radical (unpaired) electrons. The summed E-state index contributed by atoms with van der Waals surface area (Å²) in [6.45, 7) is 4.12. The van der Waals surface area contributed by atoms with Gasteiger partial charge in [0.05, 0.1) is 17.3 Å². The minimum Gasteiger partial charge on any atom is -0.378 e. The van der Waals surface area contributed by atoms with Crippen LogP contribution in [0.2, 0.25) is 0 Å². The van der Waals surface area contributed by atoms with Crippen molar-refractivity contribution in [2.45, 2.75) is 63.0 Å². The number of carbonyl (C=O) groups is 2. The van der Waals surface area contributed by atoms with Gasteiger partial charge in [-0.05, 0) is 69.1 Å². The highest BCUT2D eigenvalue weighted by Gasteiger charge is 2.53. The number of carbonyl (C=O) groups excluding carboxylic acids is 2. The van der Waals surface area contributed by atoms with E-state index in [0.29, 0.717) is 54.3 Å². The lowest BCUT2D eigenvalue weighted by molar-refractivity contribution is -0.142. The van der Waals surface area contributed by atoms with Gasteiger partial charge in [0.1, 0.15) is 35.2 Å². The van der Waals surface area contributed by atoms with Gasteiger partial charge in [-0.25, -0.2) is 18.6 Å². The number of pyridine rings is 1. The number of anilines is 1. The normalized spacial score (nSPS) is 17.2. The number of aryl methyl sites for hydroxylation is 1. The SMILES string of the molecule is CN1CCN(C(=O)Nc2nn(C)c3c(-c4ccc(C#CC(C)(C)O)nc4[C@H](Cc4cc(F)cc(F)c4)NC(=O)Cn4nc(C(F)(F)F)c5c4C(F)(F)C[C@@H]5N)cccc23)CC1. The molecule has 20 heteroatoms. The first kappa shape index (κ1) is 43.1. The van der Waals surface area contributed by atoms with E-state index in [2.05, 4.69) is 37.6 Å². The molecule has 0 unspecified atom stereocenters. The number of piperazine rings is 1. The third kappa shape index (κ3) is 9.18. The van der Waals surface area contributed by atoms with Gasteiger partial charge in [-0.15, -0.1) is 0 Å². The molecule has 4 heterocycles. The first-order chi connectivity index (χ1) is 28.6. The van der Waals surface area contributed by atoms with Gasteiger partial charge in [-0.3, -0.25) is 19.5 Å². The maximum atomic E-state index is 15.2. The number of amides is 3. The zero-order valence-corrected chi connectivity index (χ0v) is 33.3. The molecule has 1 aliphatic carbocycles. The van der Waals surface area contributed by atoms with E-state index in [-0.39, 0.29) is 39.9 Å². The van der Waals surface area contributed by atoms with Gasteiger partial charge in [0.25, 0.3) is 5.92 Å². The largest absolute Gasteiger partial charge is 0.435 e. The van der Waals surface area contributed by atoms with E-state index in [9.17, 15) is 36.6 Å². The molecule has 1 saturated heterocycles. The number of halogens is 7. The Morgan fingerprint density at radius 1 is 1.00 bits per heavy atom. The number of nitrogens with two attached hydrogens (primary N) is 1. The van der Waals surface area contributed by atoms with Crippen LogP contribution in [0.4, 0.5) is 41.3 Å². The van der Waals surface area contributed by atoms with Crippen molar-refractivity contribution in [3.63, 3.8) is 0 Å². The number of nitrogens with one attached hydrogen (secondary N) is 2. The van der Waals surface area contributed by atoms with Crippen LogP contribution >= 0.6 is 0 Å². The molecule has 3 amide bonds. The van der Waals surface area contributed by atoms with Crippen LogP contribution in [-0.2, 0) is 36.9 Å². The molecule has 1 fully saturated rings. The molecule has 7 rings (SSSR count). The second-order valence-electron chi connectivity index (χ2n) is 15.7. The average molecular weight is 855 g/mol. The first-order valence-electron chi connectivity index (χ1n) is 19.1. The topological polar surface area (TPSA) is 159 Å². The average Bonchev–Trinajstić information content (AvgIpc) is 3.79. The highest BCUT2D eigenvalue weighted by Crippen LogP contribution is 2.50. The van der Waals surface area contributed by atoms with Crippen molar-refractivity contribution in [3.8, 4) is 23.0 Å². The Hall–Kier alpha value is -6.04. The Kier molecular flexibility index (Phi) is 11.4. The molecular formula is C41H41F7N10O3. The van der Waals surface area contributed by atoms with Crippen molar-refractivity contribution in [2.75, 3.05) is 38.5 Å². The summed E-state index contributed by atoms with van der Waals surface area (Å²) in [4.78, 5) is 35.8. The molecule has 3 aromatic heterocycles. The third-order valence-corrected chi connectivity index (χ3v) is 10.4. The number of rotatable bonds is 8. The van der Waals surface area contributed by atoms with Gasteiger partial charge in [0.2, 0.25) is 5.91 Å². The number of fused-ring (bicyclic) bond motifs is 2. The van der Waals surface area contributed by atoms with Gasteiger partial charge in [-0.1, -0.05) is 18.1 Å². The zero-order valence-electron chi connectivity index (χ0n) is 33.3. The third-order valence-electron chi connectivity index (χ3n) is 10.4. The summed E-state index contributed by atoms with van der Waals surface area (Å²) < 4.78 is 104. The minimum absolute atomic E-state index is 0.0213. The standard InChI is InChI=1S/C41H41F7N10O3/c1-39(2,61)11-10-25-8-9-26(27-6-5-7-28-34(27)56(4)54-37(28)52-38(60)57-14-12-55(3)13-15-57)33(50-25)30(18-22-16-23(42)19-24(43)17-22)51-31(59)21-58-36-32(29(49)20-40(36,44)45)35(53-58)41(46,47)48/h5-9,16-17,19,29-30,61H,12-15,18,20-21,49H2,1-4H3,(H,51,59)(H,52,54,60)/t29-,30-/m0/s1. The van der Waals surface area contributed by atoms with Crippen LogP contribution in [0.3, 0.4) is 0 Å². The first-order valence-corrected chi connectivity index (χ1v) is 19.1. The Morgan fingerprint density at radius 2 is 1.69 bits per heavy atom. The summed E-state index contributed by atoms with van der Waals surface area (Å²) in [5, 5.41) is 24.4. The fraction of sp³-hybridized carbons (Fsp3) is 0.390. The number of urea groups is 1. The van der Waals surface area contributed by atoms with Crippen molar-refractivity contribution >= 4 is 28.7 Å². The molecule has 0 saturated carbocycles. The van der Waals surface area contributed by atoms with Crippen LogP contribution in [0.25, 0.3) is 22.0 Å². The van der Waals surface area contributed by atoms with Gasteiger partial charge < -0.3 is 26.0 Å². The fourth-order valence-corrected chi connectivity index (χ4v) is 7.66. The number of aromatic nitrogens is 5. The lowest BCUT2D eigenvalue weighted by Crippen LogP contribution is -2.48. The Balaban J connectivity index is 1.34. The van der Waals surface area contributed by atoms with E-state index in [4.69, 9.17) is 10.7 Å². The summed E-state index contributed by atoms with van der Waals surface area (Å²) >= 11 is 0. The van der Waals surface area contributed by atoms with E-state index in [1.807, 2.05) is 7.05 Å². The molecule has 0 bridgehead atoms. The van der Waals surface area contributed by atoms with Crippen molar-refractivity contribution < 1.29 is 45.4 Å². The highest BCUT2D eigenvalue weighted by atomic mass is 19.4. The van der Waals surface area contributed by atoms with Crippen LogP contribution in [0.1, 0.15) is 66.3 Å². The quantitative estimate of drug-likeness (QED) is 0.116. The number of hydrogen-bond donors (Lipinski definition) is 4. The van der Waals surface area contributed by atoms with Crippen molar-refractivity contribution in [2.24, 2.45) is 12.8 Å². The van der Waals surface area contributed by atoms with E-state index in [1.165, 1.54) is 24.6 Å². The molecule has 2 aliphatic rings. The molecule has 5 aromatic rings. The van der Waals surface area contributed by atoms with Gasteiger partial charge in [-0.2, -0.15) is 32.1 Å². The van der Waals surface area contributed by atoms with Crippen LogP contribution in [0, 0.1) is 23.5 Å². The van der Waals surface area contributed by atoms with Crippen molar-refractivity contribution in [3.05, 3.63) is 94.1 Å². The molecule has 61 heavy (non-hydrogen) atoms. The van der Waals surface area contributed by atoms with Crippen LogP contribution < -0.4 is 16.4 Å². The van der Waals surface area contributed by atoms with Gasteiger partial charge in [0, 0.05) is 73.8 Å². The number of para-hydroxylation sites is 1. The van der Waals surface area contributed by atoms with E-state index >= 15 is 8.78 Å². The van der Waals surface area contributed by atoms with E-state index in [1.54, 1.807) is 36.2 Å². The van der Waals surface area contributed by atoms with Crippen LogP contribution in [0.15, 0.2) is 48.5 Å². The van der Waals surface area contributed by atoms with Gasteiger partial charge in [0.15, 0.2) is 11.5 Å². The molecule has 1 aliphatic heterocycles. The second-order valence-corrected chi connectivity index (χ2v) is 15.7. The zero-order chi connectivity index (χ0) is 44.2. The smallest absolute Gasteiger partial charge is 0.378 e. The minimum atomic E-state index is -5.17. The Bertz CT molecular complexity index is 2560. The number of hydrogen-bond acceptors (Lipinski definition) is 8. The number of nitrogens with zero attached hydrogens (tertiary/aromatic N) is 7. The predicted molar refractivity (Wildman–Crippen MR) is 209 cm³/mol. The predicted octanol–water partition coefficient (Wildman–Crippen LogP) is 5.63. The number of alkyl halides is 5. The molecule has 2 atom stereocenters. The summed E-state index contributed by atoms with van der Waals surface area (Å²) in [6, 6.07) is 7.49. The molecular weight excluding hydrogens is 814 g/mol. The van der Waals surface area contributed by atoms with E-state index in [0.717, 1.165) is 12.1 Å². The van der Waals surface area contributed by atoms with Gasteiger partial charge >= 0.3 is 12.2 Å². The maximum absolute atomic E-state index is 15.2. The summed E-state index contributed by atoms with van der Waals surface area (Å²) in [7, 11) is 3.60. The Morgan fingerprint density at radius 3 is 2.34 bits per heavy atom. The number of aliphatic hydroxyl groups is 1. The fourth-order valence-electron chi connectivity index (χ4n) is 7.66. The molecule has 0 spiro atoms. The van der Waals surface area contributed by atoms with Crippen molar-refractivity contribution in [1.29, 1.82) is 0 Å². The summed E-state index contributed by atoms with van der Waals surface area (Å²) in [5.74, 6) is -1.19. The summed E-state index contributed by atoms with van der Waals surface area (Å²) in [6.07, 6.45) is -6.68. The van der Waals surface area contributed by atoms with Crippen LogP contribution in [0.5, 0.6) is 0 Å². The maximum Gasteiger partial charge on any atom is 0.435 e. The van der Waals surface area contributed by atoms with E-state index < -0.39 is 77.2 Å². The molecule has 2 aromatic carbocycles. The Labute approximate surface area is 344 Å². The molecule has 13 nitrogen and oxygen atoms in total. The highest BCUT2D eigenvalue weighted by molar-refractivity contribution is 6.04. The number of likely N-dealkylation sites (N-methyl/N-ethyl adjacent to an activating group) is 1. The summed E-state index contributed by atoms with van der Waals surface area (Å²) in [5.41, 5.74) is 1.94.